The van der Waals surface area contributed by atoms with Crippen molar-refractivity contribution in [2.75, 3.05) is 13.7 Å². The van der Waals surface area contributed by atoms with E-state index in [-0.39, 0.29) is 11.9 Å². The van der Waals surface area contributed by atoms with Gasteiger partial charge < -0.3 is 5.32 Å². The Kier molecular flexibility index (Phi) is 9.88. The maximum absolute atomic E-state index is 11.8. The van der Waals surface area contributed by atoms with Crippen LogP contribution < -0.4 is 5.32 Å². The van der Waals surface area contributed by atoms with Gasteiger partial charge in [0.2, 0.25) is 5.91 Å². The normalized spacial score (nSPS) is 11.5. The number of carbonyl (C=O) groups excluding carboxylic acids is 2. The Hall–Kier alpha value is -2.40. The second-order valence-corrected chi connectivity index (χ2v) is 5.36. The summed E-state index contributed by atoms with van der Waals surface area (Å²) in [5.41, 5.74) is 1.98. The zero-order valence-corrected chi connectivity index (χ0v) is 14.3. The standard InChI is InChI=1S/C19H25NO4/c1-16(12-13-17-9-5-3-6-10-17)15-18(21)20-14-8-4-7-11-19(22)24-23-2/h3,5-6,9-10,12-13,15H,4,7-8,11,14H2,1-2H3,(H,20,21)/b13-12+,16-15+. The lowest BCUT2D eigenvalue weighted by atomic mass is 10.1. The Bertz CT molecular complexity index is 564. The molecule has 1 aromatic rings. The molecule has 0 aliphatic carbocycles. The van der Waals surface area contributed by atoms with E-state index in [1.54, 1.807) is 6.08 Å². The third-order valence-electron chi connectivity index (χ3n) is 3.23. The second kappa shape index (κ2) is 12.1. The minimum absolute atomic E-state index is 0.107. The van der Waals surface area contributed by atoms with Crippen LogP contribution in [0.2, 0.25) is 0 Å². The van der Waals surface area contributed by atoms with Gasteiger partial charge in [-0.15, -0.1) is 0 Å². The van der Waals surface area contributed by atoms with Crippen molar-refractivity contribution in [3.63, 3.8) is 0 Å². The van der Waals surface area contributed by atoms with Crippen molar-refractivity contribution in [1.29, 1.82) is 0 Å². The lowest BCUT2D eigenvalue weighted by molar-refractivity contribution is -0.255. The molecule has 0 bridgehead atoms. The molecular formula is C19H25NO4. The average molecular weight is 331 g/mol. The molecule has 0 fully saturated rings. The number of amides is 1. The summed E-state index contributed by atoms with van der Waals surface area (Å²) in [6.45, 7) is 2.48. The highest BCUT2D eigenvalue weighted by molar-refractivity contribution is 5.88. The quantitative estimate of drug-likeness (QED) is 0.234. The van der Waals surface area contributed by atoms with Crippen molar-refractivity contribution >= 4 is 18.0 Å². The highest BCUT2D eigenvalue weighted by Crippen LogP contribution is 2.05. The van der Waals surface area contributed by atoms with Crippen LogP contribution in [0, 0.1) is 0 Å². The molecular weight excluding hydrogens is 306 g/mol. The lowest BCUT2D eigenvalue weighted by Crippen LogP contribution is -2.22. The fraction of sp³-hybridized carbons (Fsp3) is 0.368. The van der Waals surface area contributed by atoms with E-state index in [0.29, 0.717) is 19.4 Å². The Balaban J connectivity index is 2.18. The first-order chi connectivity index (χ1) is 11.6. The predicted octanol–water partition coefficient (Wildman–Crippen LogP) is 3.43. The molecule has 24 heavy (non-hydrogen) atoms. The monoisotopic (exact) mass is 331 g/mol. The largest absolute Gasteiger partial charge is 0.353 e. The Morgan fingerprint density at radius 3 is 2.58 bits per heavy atom. The summed E-state index contributed by atoms with van der Waals surface area (Å²) in [6.07, 6.45) is 8.16. The van der Waals surface area contributed by atoms with E-state index in [1.807, 2.05) is 49.4 Å². The van der Waals surface area contributed by atoms with Gasteiger partial charge in [0.15, 0.2) is 0 Å². The van der Waals surface area contributed by atoms with Crippen molar-refractivity contribution in [1.82, 2.24) is 5.32 Å². The Labute approximate surface area is 143 Å². The van der Waals surface area contributed by atoms with Crippen LogP contribution in [0.25, 0.3) is 6.08 Å². The molecule has 130 valence electrons. The summed E-state index contributed by atoms with van der Waals surface area (Å²) < 4.78 is 0. The first-order valence-electron chi connectivity index (χ1n) is 8.04. The summed E-state index contributed by atoms with van der Waals surface area (Å²) in [5.74, 6) is -0.477. The van der Waals surface area contributed by atoms with E-state index in [9.17, 15) is 9.59 Å². The number of allylic oxidation sites excluding steroid dienone is 2. The van der Waals surface area contributed by atoms with Crippen LogP contribution in [0.3, 0.4) is 0 Å². The Morgan fingerprint density at radius 2 is 1.88 bits per heavy atom. The third kappa shape index (κ3) is 9.58. The van der Waals surface area contributed by atoms with Gasteiger partial charge >= 0.3 is 5.97 Å². The molecule has 0 saturated carbocycles. The van der Waals surface area contributed by atoms with Crippen molar-refractivity contribution in [3.8, 4) is 0 Å². The van der Waals surface area contributed by atoms with Crippen molar-refractivity contribution in [2.45, 2.75) is 32.6 Å². The lowest BCUT2D eigenvalue weighted by Gasteiger charge is -2.03. The molecule has 1 rings (SSSR count). The molecule has 0 aromatic heterocycles. The molecule has 0 radical (unpaired) electrons. The van der Waals surface area contributed by atoms with Crippen LogP contribution in [0.15, 0.2) is 48.1 Å². The maximum atomic E-state index is 11.8. The smallest absolute Gasteiger partial charge is 0.342 e. The van der Waals surface area contributed by atoms with E-state index >= 15 is 0 Å². The first-order valence-corrected chi connectivity index (χ1v) is 8.04. The molecule has 0 unspecified atom stereocenters. The fourth-order valence-electron chi connectivity index (χ4n) is 2.02. The number of nitrogens with one attached hydrogen (secondary N) is 1. The van der Waals surface area contributed by atoms with Gasteiger partial charge in [-0.25, -0.2) is 4.79 Å². The highest BCUT2D eigenvalue weighted by Gasteiger charge is 2.02. The summed E-state index contributed by atoms with van der Waals surface area (Å²) in [4.78, 5) is 31.5. The van der Waals surface area contributed by atoms with Crippen LogP contribution >= 0.6 is 0 Å². The average Bonchev–Trinajstić information content (AvgIpc) is 2.57. The molecule has 5 nitrogen and oxygen atoms in total. The van der Waals surface area contributed by atoms with Gasteiger partial charge in [0.1, 0.15) is 0 Å². The topological polar surface area (TPSA) is 64.6 Å². The molecule has 5 heteroatoms. The van der Waals surface area contributed by atoms with E-state index in [2.05, 4.69) is 15.1 Å². The van der Waals surface area contributed by atoms with E-state index < -0.39 is 0 Å². The van der Waals surface area contributed by atoms with E-state index in [4.69, 9.17) is 0 Å². The SMILES string of the molecule is COOC(=O)CCCCCNC(=O)/C=C(C)/C=C/c1ccccc1. The zero-order valence-electron chi connectivity index (χ0n) is 14.3. The summed E-state index contributed by atoms with van der Waals surface area (Å²) >= 11 is 0. The zero-order chi connectivity index (χ0) is 17.6. The van der Waals surface area contributed by atoms with E-state index in [1.165, 1.54) is 7.11 Å². The summed E-state index contributed by atoms with van der Waals surface area (Å²) in [7, 11) is 1.30. The minimum atomic E-state index is -0.370. The van der Waals surface area contributed by atoms with Crippen molar-refractivity contribution < 1.29 is 19.4 Å². The highest BCUT2D eigenvalue weighted by atomic mass is 17.2. The molecule has 0 heterocycles. The van der Waals surface area contributed by atoms with Gasteiger partial charge in [-0.1, -0.05) is 48.9 Å². The van der Waals surface area contributed by atoms with Crippen LogP contribution in [0.1, 0.15) is 38.2 Å². The fourth-order valence-corrected chi connectivity index (χ4v) is 2.02. The molecule has 1 aromatic carbocycles. The van der Waals surface area contributed by atoms with Crippen molar-refractivity contribution in [2.24, 2.45) is 0 Å². The van der Waals surface area contributed by atoms with Gasteiger partial charge in [-0.3, -0.25) is 9.68 Å². The van der Waals surface area contributed by atoms with Crippen LogP contribution in [-0.4, -0.2) is 25.5 Å². The van der Waals surface area contributed by atoms with Gasteiger partial charge in [0.05, 0.1) is 7.11 Å². The molecule has 0 saturated heterocycles. The molecule has 0 aliphatic heterocycles. The number of carbonyl (C=O) groups is 2. The maximum Gasteiger partial charge on any atom is 0.342 e. The second-order valence-electron chi connectivity index (χ2n) is 5.36. The minimum Gasteiger partial charge on any atom is -0.353 e. The van der Waals surface area contributed by atoms with Gasteiger partial charge in [0.25, 0.3) is 0 Å². The number of benzene rings is 1. The molecule has 1 N–H and O–H groups in total. The van der Waals surface area contributed by atoms with Crippen LogP contribution in [-0.2, 0) is 19.4 Å². The molecule has 0 spiro atoms. The molecule has 1 amide bonds. The third-order valence-corrected chi connectivity index (χ3v) is 3.23. The number of hydrogen-bond acceptors (Lipinski definition) is 4. The molecule has 0 aliphatic rings. The summed E-state index contributed by atoms with van der Waals surface area (Å²) in [5, 5.41) is 2.83. The van der Waals surface area contributed by atoms with Gasteiger partial charge in [-0.2, -0.15) is 4.89 Å². The number of hydrogen-bond donors (Lipinski definition) is 1. The Morgan fingerprint density at radius 1 is 1.12 bits per heavy atom. The van der Waals surface area contributed by atoms with Crippen molar-refractivity contribution in [3.05, 3.63) is 53.6 Å². The number of unbranched alkanes of at least 4 members (excludes halogenated alkanes) is 2. The van der Waals surface area contributed by atoms with E-state index in [0.717, 1.165) is 24.0 Å². The van der Waals surface area contributed by atoms with Crippen LogP contribution in [0.5, 0.6) is 0 Å². The number of rotatable bonds is 10. The van der Waals surface area contributed by atoms with Crippen LogP contribution in [0.4, 0.5) is 0 Å². The predicted molar refractivity (Wildman–Crippen MR) is 93.8 cm³/mol. The van der Waals surface area contributed by atoms with Gasteiger partial charge in [0, 0.05) is 19.0 Å². The van der Waals surface area contributed by atoms with Gasteiger partial charge in [-0.05, 0) is 30.9 Å². The first kappa shape index (κ1) is 19.6. The molecule has 0 atom stereocenters. The summed E-state index contributed by atoms with van der Waals surface area (Å²) in [6, 6.07) is 9.92.